The maximum absolute atomic E-state index is 12.1. The van der Waals surface area contributed by atoms with Gasteiger partial charge >= 0.3 is 0 Å². The van der Waals surface area contributed by atoms with Gasteiger partial charge in [-0.3, -0.25) is 4.79 Å². The Labute approximate surface area is 141 Å². The Morgan fingerprint density at radius 1 is 1.21 bits per heavy atom. The van der Waals surface area contributed by atoms with E-state index in [4.69, 9.17) is 4.74 Å². The van der Waals surface area contributed by atoms with Gasteiger partial charge in [-0.1, -0.05) is 31.2 Å². The zero-order valence-corrected chi connectivity index (χ0v) is 13.9. The second kappa shape index (κ2) is 7.17. The van der Waals surface area contributed by atoms with E-state index >= 15 is 0 Å². The molecule has 0 bridgehead atoms. The van der Waals surface area contributed by atoms with Crippen molar-refractivity contribution in [2.75, 3.05) is 6.61 Å². The summed E-state index contributed by atoms with van der Waals surface area (Å²) in [6, 6.07) is 15.4. The van der Waals surface area contributed by atoms with Crippen LogP contribution < -0.4 is 10.1 Å². The van der Waals surface area contributed by atoms with E-state index in [1.54, 1.807) is 0 Å². The van der Waals surface area contributed by atoms with Crippen LogP contribution in [0.4, 0.5) is 0 Å². The molecule has 1 unspecified atom stereocenters. The molecule has 0 aliphatic carbocycles. The first-order valence-corrected chi connectivity index (χ1v) is 8.11. The molecule has 1 heterocycles. The molecule has 124 valence electrons. The second-order valence-corrected chi connectivity index (χ2v) is 5.71. The molecular formula is C19H21N3O2. The first kappa shape index (κ1) is 16.1. The predicted molar refractivity (Wildman–Crippen MR) is 94.0 cm³/mol. The van der Waals surface area contributed by atoms with Gasteiger partial charge in [0.2, 0.25) is 0 Å². The number of nitrogens with zero attached hydrogens (tertiary/aromatic N) is 1. The van der Waals surface area contributed by atoms with Gasteiger partial charge in [-0.2, -0.15) is 0 Å². The lowest BCUT2D eigenvalue weighted by molar-refractivity contribution is -0.123. The van der Waals surface area contributed by atoms with Crippen LogP contribution in [0.1, 0.15) is 31.3 Å². The van der Waals surface area contributed by atoms with Crippen molar-refractivity contribution < 1.29 is 9.53 Å². The molecule has 0 aliphatic heterocycles. The van der Waals surface area contributed by atoms with E-state index in [9.17, 15) is 4.79 Å². The number of amides is 1. The third kappa shape index (κ3) is 3.74. The SMILES string of the molecule is CCc1ccc(OCC(=O)NC(C)c2nc3ccccc3[nH]2)cc1. The summed E-state index contributed by atoms with van der Waals surface area (Å²) >= 11 is 0. The Kier molecular flexibility index (Phi) is 4.79. The van der Waals surface area contributed by atoms with Gasteiger partial charge < -0.3 is 15.0 Å². The number of aromatic nitrogens is 2. The molecule has 5 nitrogen and oxygen atoms in total. The average Bonchev–Trinajstić information content (AvgIpc) is 3.05. The van der Waals surface area contributed by atoms with Crippen LogP contribution in [0.2, 0.25) is 0 Å². The molecule has 0 fully saturated rings. The van der Waals surface area contributed by atoms with Gasteiger partial charge in [-0.05, 0) is 43.2 Å². The molecule has 0 saturated heterocycles. The molecule has 0 aliphatic rings. The van der Waals surface area contributed by atoms with Crippen LogP contribution in [-0.4, -0.2) is 22.5 Å². The molecule has 0 radical (unpaired) electrons. The number of aromatic amines is 1. The number of carbonyl (C=O) groups is 1. The average molecular weight is 323 g/mol. The van der Waals surface area contributed by atoms with E-state index in [0.29, 0.717) is 5.75 Å². The number of para-hydroxylation sites is 2. The normalized spacial score (nSPS) is 12.1. The fourth-order valence-corrected chi connectivity index (χ4v) is 2.50. The van der Waals surface area contributed by atoms with Crippen LogP contribution in [0.3, 0.4) is 0 Å². The van der Waals surface area contributed by atoms with Crippen LogP contribution in [0, 0.1) is 0 Å². The quantitative estimate of drug-likeness (QED) is 0.731. The summed E-state index contributed by atoms with van der Waals surface area (Å²) in [7, 11) is 0. The monoisotopic (exact) mass is 323 g/mol. The zero-order chi connectivity index (χ0) is 16.9. The van der Waals surface area contributed by atoms with Crippen LogP contribution in [0.15, 0.2) is 48.5 Å². The molecule has 3 aromatic rings. The summed E-state index contributed by atoms with van der Waals surface area (Å²) in [4.78, 5) is 19.8. The molecule has 1 amide bonds. The third-order valence-electron chi connectivity index (χ3n) is 3.90. The van der Waals surface area contributed by atoms with Crippen LogP contribution in [-0.2, 0) is 11.2 Å². The number of hydrogen-bond donors (Lipinski definition) is 2. The van der Waals surface area contributed by atoms with E-state index in [0.717, 1.165) is 23.3 Å². The van der Waals surface area contributed by atoms with Crippen LogP contribution in [0.5, 0.6) is 5.75 Å². The van der Waals surface area contributed by atoms with Crippen molar-refractivity contribution >= 4 is 16.9 Å². The number of benzene rings is 2. The molecule has 3 rings (SSSR count). The maximum Gasteiger partial charge on any atom is 0.258 e. The highest BCUT2D eigenvalue weighted by atomic mass is 16.5. The Bertz CT molecular complexity index is 791. The number of ether oxygens (including phenoxy) is 1. The van der Waals surface area contributed by atoms with Gasteiger partial charge in [0.1, 0.15) is 11.6 Å². The van der Waals surface area contributed by atoms with Gasteiger partial charge in [0.15, 0.2) is 6.61 Å². The number of fused-ring (bicyclic) bond motifs is 1. The van der Waals surface area contributed by atoms with Crippen molar-refractivity contribution in [1.29, 1.82) is 0 Å². The van der Waals surface area contributed by atoms with E-state index in [1.165, 1.54) is 5.56 Å². The Balaban J connectivity index is 1.55. The number of imidazole rings is 1. The Morgan fingerprint density at radius 3 is 2.67 bits per heavy atom. The summed E-state index contributed by atoms with van der Waals surface area (Å²) in [5, 5.41) is 2.89. The zero-order valence-electron chi connectivity index (χ0n) is 13.9. The molecule has 0 saturated carbocycles. The highest BCUT2D eigenvalue weighted by Gasteiger charge is 2.13. The Hall–Kier alpha value is -2.82. The smallest absolute Gasteiger partial charge is 0.258 e. The molecule has 2 N–H and O–H groups in total. The molecule has 1 aromatic heterocycles. The first-order valence-electron chi connectivity index (χ1n) is 8.11. The van der Waals surface area contributed by atoms with Crippen LogP contribution >= 0.6 is 0 Å². The molecule has 24 heavy (non-hydrogen) atoms. The van der Waals surface area contributed by atoms with Crippen molar-refractivity contribution in [3.8, 4) is 5.75 Å². The number of nitrogens with one attached hydrogen (secondary N) is 2. The molecule has 2 aromatic carbocycles. The molecule has 0 spiro atoms. The van der Waals surface area contributed by atoms with E-state index in [2.05, 4.69) is 22.2 Å². The summed E-state index contributed by atoms with van der Waals surface area (Å²) in [5.74, 6) is 1.25. The molecular weight excluding hydrogens is 302 g/mol. The topological polar surface area (TPSA) is 67.0 Å². The van der Waals surface area contributed by atoms with Crippen molar-refractivity contribution in [2.45, 2.75) is 26.3 Å². The maximum atomic E-state index is 12.1. The number of rotatable bonds is 6. The minimum Gasteiger partial charge on any atom is -0.484 e. The lowest BCUT2D eigenvalue weighted by Crippen LogP contribution is -2.31. The minimum atomic E-state index is -0.212. The van der Waals surface area contributed by atoms with E-state index < -0.39 is 0 Å². The lowest BCUT2D eigenvalue weighted by atomic mass is 10.2. The third-order valence-corrected chi connectivity index (χ3v) is 3.90. The minimum absolute atomic E-state index is 0.0178. The standard InChI is InChI=1S/C19H21N3O2/c1-3-14-8-10-15(11-9-14)24-12-18(23)20-13(2)19-21-16-6-4-5-7-17(16)22-19/h4-11,13H,3,12H2,1-2H3,(H,20,23)(H,21,22). The van der Waals surface area contributed by atoms with E-state index in [-0.39, 0.29) is 18.6 Å². The number of H-pyrrole nitrogens is 1. The highest BCUT2D eigenvalue weighted by Crippen LogP contribution is 2.16. The molecule has 5 heteroatoms. The van der Waals surface area contributed by atoms with Crippen molar-refractivity contribution in [1.82, 2.24) is 15.3 Å². The van der Waals surface area contributed by atoms with Gasteiger partial charge in [-0.15, -0.1) is 0 Å². The lowest BCUT2D eigenvalue weighted by Gasteiger charge is -2.12. The van der Waals surface area contributed by atoms with Crippen LogP contribution in [0.25, 0.3) is 11.0 Å². The van der Waals surface area contributed by atoms with Gasteiger partial charge in [0.25, 0.3) is 5.91 Å². The first-order chi connectivity index (χ1) is 11.7. The van der Waals surface area contributed by atoms with Crippen molar-refractivity contribution in [3.05, 3.63) is 59.9 Å². The van der Waals surface area contributed by atoms with Crippen molar-refractivity contribution in [2.24, 2.45) is 0 Å². The number of carbonyl (C=O) groups excluding carboxylic acids is 1. The fourth-order valence-electron chi connectivity index (χ4n) is 2.50. The fraction of sp³-hybridized carbons (Fsp3) is 0.263. The number of hydrogen-bond acceptors (Lipinski definition) is 3. The van der Waals surface area contributed by atoms with Gasteiger partial charge in [0.05, 0.1) is 17.1 Å². The summed E-state index contributed by atoms with van der Waals surface area (Å²) in [6.45, 7) is 3.98. The summed E-state index contributed by atoms with van der Waals surface area (Å²) in [6.07, 6.45) is 0.982. The summed E-state index contributed by atoms with van der Waals surface area (Å²) < 4.78 is 5.52. The highest BCUT2D eigenvalue weighted by molar-refractivity contribution is 5.78. The van der Waals surface area contributed by atoms with Gasteiger partial charge in [-0.25, -0.2) is 4.98 Å². The summed E-state index contributed by atoms with van der Waals surface area (Å²) in [5.41, 5.74) is 3.09. The van der Waals surface area contributed by atoms with Crippen molar-refractivity contribution in [3.63, 3.8) is 0 Å². The second-order valence-electron chi connectivity index (χ2n) is 5.71. The predicted octanol–water partition coefficient (Wildman–Crippen LogP) is 3.38. The van der Waals surface area contributed by atoms with E-state index in [1.807, 2.05) is 55.5 Å². The van der Waals surface area contributed by atoms with Gasteiger partial charge in [0, 0.05) is 0 Å². The molecule has 1 atom stereocenters. The largest absolute Gasteiger partial charge is 0.484 e. The number of aryl methyl sites for hydroxylation is 1. The Morgan fingerprint density at radius 2 is 1.96 bits per heavy atom.